The van der Waals surface area contributed by atoms with E-state index in [0.717, 1.165) is 10.6 Å². The average molecular weight is 626 g/mol. The number of hydrogen-bond donors (Lipinski definition) is 0. The van der Waals surface area contributed by atoms with Crippen molar-refractivity contribution in [2.45, 2.75) is 66.8 Å². The molecule has 4 heteroatoms. The molecule has 0 bridgehead atoms. The topological polar surface area (TPSA) is 3.24 Å². The fraction of sp³-hybridized carbons (Fsp3) is 0.368. The quantitative estimate of drug-likeness (QED) is 0.133. The standard InChI is InChI=1S/C33H32NP2.C5H5.Fe/c1-3-34(36(30-21-12-6-13-22-30)31-23-14-7-15-24-31)27(2)32-25-16-26-33(32)35(28-17-8-4-9-18-28)29-19-10-5-11-20-29;1-2-4-5-3-1;/h4-27H,3H2,1-2H3;1-5H;/t27-;;/m1../s1. The van der Waals surface area contributed by atoms with E-state index in [2.05, 4.69) is 140 Å². The molecule has 1 nitrogen and oxygen atoms in total. The third kappa shape index (κ3) is 0.607. The first-order chi connectivity index (χ1) is 20.5. The van der Waals surface area contributed by atoms with E-state index in [4.69, 9.17) is 0 Å². The molecule has 0 aromatic heterocycles. The zero-order chi connectivity index (χ0) is 27.4. The van der Waals surface area contributed by atoms with Gasteiger partial charge in [-0.15, -0.1) is 0 Å². The summed E-state index contributed by atoms with van der Waals surface area (Å²) in [5, 5.41) is 6.52. The maximum atomic E-state index is 3.12. The summed E-state index contributed by atoms with van der Waals surface area (Å²) in [6.07, 6.45) is 0. The number of nitrogens with zero attached hydrogens (tertiary/aromatic N) is 1. The normalized spacial score (nSPS) is 57.9. The zero-order valence-electron chi connectivity index (χ0n) is 24.1. The number of hydrogen-bond acceptors (Lipinski definition) is 1. The second-order valence-corrected chi connectivity index (χ2v) is 45.4. The monoisotopic (exact) mass is 625 g/mol. The molecule has 0 radical (unpaired) electrons. The molecule has 0 N–H and O–H groups in total. The van der Waals surface area contributed by atoms with Gasteiger partial charge in [0.15, 0.2) is 0 Å². The Morgan fingerprint density at radius 2 is 1.00 bits per heavy atom. The molecule has 10 fully saturated rings. The van der Waals surface area contributed by atoms with Crippen LogP contribution in [0.3, 0.4) is 0 Å². The second kappa shape index (κ2) is 3.71. The van der Waals surface area contributed by atoms with Crippen LogP contribution in [0.2, 0.25) is 42.8 Å². The van der Waals surface area contributed by atoms with Crippen molar-refractivity contribution in [2.75, 3.05) is 6.54 Å². The van der Waals surface area contributed by atoms with Crippen molar-refractivity contribution in [1.82, 2.24) is 4.67 Å². The summed E-state index contributed by atoms with van der Waals surface area (Å²) >= 11 is 0. The molecule has 6 atom stereocenters. The van der Waals surface area contributed by atoms with E-state index in [9.17, 15) is 0 Å². The molecule has 10 saturated heterocycles. The minimum absolute atomic E-state index is 0.326. The third-order valence-electron chi connectivity index (χ3n) is 20.9. The van der Waals surface area contributed by atoms with Gasteiger partial charge in [0.2, 0.25) is 0 Å². The number of rotatable bonds is 9. The van der Waals surface area contributed by atoms with Gasteiger partial charge >= 0.3 is 243 Å². The van der Waals surface area contributed by atoms with E-state index >= 15 is 0 Å². The summed E-state index contributed by atoms with van der Waals surface area (Å²) in [6.45, 7) is 2.61. The molecule has 4 aromatic carbocycles. The van der Waals surface area contributed by atoms with Crippen molar-refractivity contribution in [3.63, 3.8) is 0 Å². The first-order valence-electron chi connectivity index (χ1n) is 16.3. The van der Waals surface area contributed by atoms with Crippen LogP contribution in [-0.2, 0) is 6.51 Å². The van der Waals surface area contributed by atoms with Gasteiger partial charge < -0.3 is 0 Å². The minimum atomic E-state index is -3.85. The summed E-state index contributed by atoms with van der Waals surface area (Å²) in [5.41, 5.74) is 0. The molecule has 42 heavy (non-hydrogen) atoms. The van der Waals surface area contributed by atoms with Gasteiger partial charge in [-0.25, -0.2) is 0 Å². The molecule has 212 valence electrons. The van der Waals surface area contributed by atoms with Crippen molar-refractivity contribution in [2.24, 2.45) is 0 Å². The Labute approximate surface area is 242 Å². The number of fused-ring (bicyclic) bond motifs is 10. The van der Waals surface area contributed by atoms with Crippen LogP contribution in [0.1, 0.15) is 13.8 Å². The van der Waals surface area contributed by atoms with Gasteiger partial charge in [0.05, 0.1) is 0 Å². The number of benzene rings is 4. The van der Waals surface area contributed by atoms with Crippen molar-refractivity contribution in [3.05, 3.63) is 121 Å². The Hall–Kier alpha value is -1.78. The Morgan fingerprint density at radius 1 is 0.595 bits per heavy atom. The molecule has 4 unspecified atom stereocenters. The molecule has 1 spiro atoms. The van der Waals surface area contributed by atoms with Crippen LogP contribution in [0.5, 0.6) is 0 Å². The molecule has 0 saturated carbocycles. The van der Waals surface area contributed by atoms with Crippen LogP contribution in [0.15, 0.2) is 121 Å². The van der Waals surface area contributed by atoms with Gasteiger partial charge in [-0.2, -0.15) is 0 Å². The van der Waals surface area contributed by atoms with Crippen molar-refractivity contribution in [1.29, 1.82) is 0 Å². The molecule has 0 aliphatic carbocycles. The maximum absolute atomic E-state index is 3.85. The molecular weight excluding hydrogens is 588 g/mol. The van der Waals surface area contributed by atoms with Crippen LogP contribution >= 0.6 is 16.0 Å². The fourth-order valence-electron chi connectivity index (χ4n) is 22.5. The summed E-state index contributed by atoms with van der Waals surface area (Å²) in [4.78, 5) is 10.2. The van der Waals surface area contributed by atoms with Crippen LogP contribution in [-0.4, -0.2) is 21.3 Å². The third-order valence-corrected chi connectivity index (χ3v) is 73.8. The van der Waals surface area contributed by atoms with Gasteiger partial charge in [-0.05, 0) is 0 Å². The van der Waals surface area contributed by atoms with Crippen molar-refractivity contribution >= 4 is 37.2 Å². The summed E-state index contributed by atoms with van der Waals surface area (Å²) in [7, 11) is -0.883. The SMILES string of the molecule is CCN([C@H](C)[C@@]12[CH]3[CH]4[CH]5[C]1(P(c1ccccc1)c1ccccc1)[Fe]45321678[CH]2[CH]1[CH]6[CH]7[CH]28)P(c1ccccc1)c1ccccc1. The molecule has 0 amide bonds. The van der Waals surface area contributed by atoms with E-state index < -0.39 is 14.6 Å². The van der Waals surface area contributed by atoms with E-state index in [1.165, 1.54) is 38.5 Å². The first-order valence-corrected chi connectivity index (χ1v) is 25.1. The zero-order valence-corrected chi connectivity index (χ0v) is 27.0. The van der Waals surface area contributed by atoms with Gasteiger partial charge in [0.1, 0.15) is 0 Å². The molecule has 14 rings (SSSR count). The van der Waals surface area contributed by atoms with Gasteiger partial charge in [0, 0.05) is 0 Å². The summed E-state index contributed by atoms with van der Waals surface area (Å²) < 4.78 is 4.56. The van der Waals surface area contributed by atoms with Crippen LogP contribution in [0.4, 0.5) is 0 Å². The molecule has 10 aliphatic heterocycles. The molecule has 10 heterocycles. The van der Waals surface area contributed by atoms with E-state index in [1.54, 1.807) is 21.2 Å². The van der Waals surface area contributed by atoms with Gasteiger partial charge in [-0.1, -0.05) is 0 Å². The predicted octanol–water partition coefficient (Wildman–Crippen LogP) is 8.54. The van der Waals surface area contributed by atoms with E-state index in [0.29, 0.717) is 10.4 Å². The van der Waals surface area contributed by atoms with Gasteiger partial charge in [-0.3, -0.25) is 0 Å². The summed E-state index contributed by atoms with van der Waals surface area (Å²) in [5.74, 6) is 0. The first kappa shape index (κ1) is 21.8. The second-order valence-electron chi connectivity index (χ2n) is 17.2. The molecule has 10 aliphatic rings. The Bertz CT molecular complexity index is 2170. The Morgan fingerprint density at radius 3 is 1.36 bits per heavy atom. The average Bonchev–Trinajstić information content (AvgIpc) is 4.00. The van der Waals surface area contributed by atoms with Crippen molar-refractivity contribution in [3.8, 4) is 0 Å². The van der Waals surface area contributed by atoms with E-state index in [1.807, 2.05) is 0 Å². The predicted molar refractivity (Wildman–Crippen MR) is 175 cm³/mol. The van der Waals surface area contributed by atoms with Crippen molar-refractivity contribution < 1.29 is 6.51 Å². The van der Waals surface area contributed by atoms with Crippen LogP contribution in [0.25, 0.3) is 0 Å². The molecular formula is C38H37FeNP2. The van der Waals surface area contributed by atoms with Crippen LogP contribution in [0, 0.1) is 0 Å². The summed E-state index contributed by atoms with van der Waals surface area (Å²) in [6, 6.07) is 48.1. The van der Waals surface area contributed by atoms with Crippen LogP contribution < -0.4 is 21.2 Å². The molecule has 4 aromatic rings. The Kier molecular flexibility index (Phi) is 1.93. The fourth-order valence-corrected chi connectivity index (χ4v) is 117. The van der Waals surface area contributed by atoms with Gasteiger partial charge in [0.25, 0.3) is 0 Å². The Balaban J connectivity index is 1.04. The van der Waals surface area contributed by atoms with E-state index in [-0.39, 0.29) is 7.92 Å².